The van der Waals surface area contributed by atoms with Gasteiger partial charge in [0.05, 0.1) is 6.10 Å². The number of carbonyl (C=O) groups excluding carboxylic acids is 1. The molecule has 226 valence electrons. The van der Waals surface area contributed by atoms with Crippen molar-refractivity contribution in [3.63, 3.8) is 0 Å². The predicted octanol–water partition coefficient (Wildman–Crippen LogP) is 9.51. The lowest BCUT2D eigenvalue weighted by Crippen LogP contribution is -2.39. The van der Waals surface area contributed by atoms with Crippen LogP contribution in [-0.4, -0.2) is 57.5 Å². The summed E-state index contributed by atoms with van der Waals surface area (Å²) in [7, 11) is 1.42. The van der Waals surface area contributed by atoms with Gasteiger partial charge in [0.25, 0.3) is 0 Å². The fraction of sp³-hybridized carbons (Fsp3) is 0.969. The van der Waals surface area contributed by atoms with Crippen LogP contribution in [0.4, 0.5) is 0 Å². The summed E-state index contributed by atoms with van der Waals surface area (Å²) >= 11 is 1.60. The zero-order chi connectivity index (χ0) is 27.5. The molecule has 0 aromatic rings. The Morgan fingerprint density at radius 1 is 0.816 bits per heavy atom. The van der Waals surface area contributed by atoms with Crippen LogP contribution < -0.4 is 0 Å². The number of ether oxygens (including phenoxy) is 2. The van der Waals surface area contributed by atoms with Crippen molar-refractivity contribution < 1.29 is 14.3 Å². The molecule has 38 heavy (non-hydrogen) atoms. The van der Waals surface area contributed by atoms with Crippen LogP contribution in [0.25, 0.3) is 0 Å². The summed E-state index contributed by atoms with van der Waals surface area (Å²) < 4.78 is 14.6. The van der Waals surface area contributed by atoms with Crippen molar-refractivity contribution >= 4 is 25.8 Å². The van der Waals surface area contributed by atoms with E-state index in [1.54, 1.807) is 11.8 Å². The zero-order valence-electron chi connectivity index (χ0n) is 25.8. The van der Waals surface area contributed by atoms with E-state index in [1.165, 1.54) is 134 Å². The summed E-state index contributed by atoms with van der Waals surface area (Å²) in [6.07, 6.45) is 27.0. The van der Waals surface area contributed by atoms with Gasteiger partial charge < -0.3 is 14.0 Å². The molecule has 0 N–H and O–H groups in total. The van der Waals surface area contributed by atoms with E-state index in [2.05, 4.69) is 25.5 Å². The van der Waals surface area contributed by atoms with E-state index in [4.69, 9.17) is 9.47 Å². The summed E-state index contributed by atoms with van der Waals surface area (Å²) in [4.78, 5) is 12.3. The summed E-state index contributed by atoms with van der Waals surface area (Å²) in [5.41, 5.74) is 0. The highest BCUT2D eigenvalue weighted by Gasteiger charge is 2.22. The maximum Gasteiger partial charge on any atom is 0.188 e. The van der Waals surface area contributed by atoms with Crippen LogP contribution in [0.1, 0.15) is 149 Å². The molecule has 0 aliphatic carbocycles. The average Bonchev–Trinajstić information content (AvgIpc) is 2.91. The lowest BCUT2D eigenvalue weighted by molar-refractivity contribution is -0.111. The molecule has 0 aromatic carbocycles. The van der Waals surface area contributed by atoms with E-state index < -0.39 is 8.96 Å². The molecule has 0 amide bonds. The summed E-state index contributed by atoms with van der Waals surface area (Å²) in [5, 5.41) is 0.422. The second-order valence-electron chi connectivity index (χ2n) is 11.7. The third kappa shape index (κ3) is 21.9. The molecule has 1 rings (SSSR count). The van der Waals surface area contributed by atoms with Crippen molar-refractivity contribution in [2.24, 2.45) is 0 Å². The number of nitrogens with zero attached hydrogens (tertiary/aromatic N) is 1. The van der Waals surface area contributed by atoms with Crippen LogP contribution in [0.2, 0.25) is 12.1 Å². The molecule has 1 saturated heterocycles. The SMILES string of the molecule is CCCCCCCCCCCC(=O)SCCC[SiH]1CCC(OCOCCCCCCCCC)CCCN1C. The predicted molar refractivity (Wildman–Crippen MR) is 171 cm³/mol. The molecule has 1 fully saturated rings. The molecular weight excluding hydrogens is 507 g/mol. The molecule has 2 atom stereocenters. The first-order valence-electron chi connectivity index (χ1n) is 16.7. The van der Waals surface area contributed by atoms with Crippen molar-refractivity contribution in [2.75, 3.05) is 32.7 Å². The van der Waals surface area contributed by atoms with Gasteiger partial charge in [-0.05, 0) is 64.2 Å². The molecule has 2 unspecified atom stereocenters. The standard InChI is InChI=1S/C32H65NO3SSi/c1-4-6-8-10-12-13-14-16-18-23-32(34)37-27-21-28-38-29-24-31(22-20-25-33(38)3)36-30-35-26-19-17-15-11-9-7-5-2/h31,38H,4-30H2,1-3H3. The van der Waals surface area contributed by atoms with Gasteiger partial charge in [0.15, 0.2) is 5.12 Å². The second kappa shape index (κ2) is 27.3. The molecule has 6 heteroatoms. The summed E-state index contributed by atoms with van der Waals surface area (Å²) in [5.74, 6) is 1.01. The van der Waals surface area contributed by atoms with Crippen molar-refractivity contribution in [3.8, 4) is 0 Å². The lowest BCUT2D eigenvalue weighted by atomic mass is 10.1. The van der Waals surface area contributed by atoms with Gasteiger partial charge in [0.1, 0.15) is 15.8 Å². The maximum atomic E-state index is 12.3. The quantitative estimate of drug-likeness (QED) is 0.0620. The first-order chi connectivity index (χ1) is 18.7. The fourth-order valence-electron chi connectivity index (χ4n) is 5.55. The minimum absolute atomic E-state index is 0.375. The van der Waals surface area contributed by atoms with Gasteiger partial charge in [-0.1, -0.05) is 116 Å². The van der Waals surface area contributed by atoms with E-state index in [0.29, 0.717) is 18.0 Å². The Kier molecular flexibility index (Phi) is 26.0. The van der Waals surface area contributed by atoms with E-state index in [0.717, 1.165) is 31.6 Å². The summed E-state index contributed by atoms with van der Waals surface area (Å²) in [6, 6.07) is 2.66. The minimum atomic E-state index is -0.923. The number of thioether (sulfide) groups is 1. The highest BCUT2D eigenvalue weighted by atomic mass is 32.2. The smallest absolute Gasteiger partial charge is 0.188 e. The Morgan fingerprint density at radius 2 is 1.42 bits per heavy atom. The lowest BCUT2D eigenvalue weighted by Gasteiger charge is -2.31. The van der Waals surface area contributed by atoms with Gasteiger partial charge in [-0.2, -0.15) is 0 Å². The van der Waals surface area contributed by atoms with Gasteiger partial charge in [0.2, 0.25) is 0 Å². The average molecular weight is 572 g/mol. The zero-order valence-corrected chi connectivity index (χ0v) is 27.8. The summed E-state index contributed by atoms with van der Waals surface area (Å²) in [6.45, 7) is 7.07. The van der Waals surface area contributed by atoms with Crippen LogP contribution in [0, 0.1) is 0 Å². The largest absolute Gasteiger partial charge is 0.355 e. The van der Waals surface area contributed by atoms with Crippen LogP contribution in [0.15, 0.2) is 0 Å². The first kappa shape index (κ1) is 36.1. The number of hydrogen-bond donors (Lipinski definition) is 0. The minimum Gasteiger partial charge on any atom is -0.355 e. The van der Waals surface area contributed by atoms with Gasteiger partial charge in [-0.15, -0.1) is 0 Å². The Bertz CT molecular complexity index is 525. The first-order valence-corrected chi connectivity index (χ1v) is 19.9. The second-order valence-corrected chi connectivity index (χ2v) is 16.2. The molecule has 0 bridgehead atoms. The van der Waals surface area contributed by atoms with E-state index in [9.17, 15) is 4.79 Å². The van der Waals surface area contributed by atoms with E-state index in [-0.39, 0.29) is 0 Å². The molecular formula is C32H65NO3SSi. The normalized spacial score (nSPS) is 18.9. The molecule has 1 aliphatic rings. The van der Waals surface area contributed by atoms with E-state index in [1.807, 2.05) is 0 Å². The third-order valence-electron chi connectivity index (χ3n) is 8.19. The fourth-order valence-corrected chi connectivity index (χ4v) is 9.82. The molecule has 1 aliphatic heterocycles. The van der Waals surface area contributed by atoms with Crippen molar-refractivity contribution in [1.82, 2.24) is 4.57 Å². The number of rotatable bonds is 25. The molecule has 4 nitrogen and oxygen atoms in total. The van der Waals surface area contributed by atoms with Gasteiger partial charge in [0, 0.05) is 18.8 Å². The van der Waals surface area contributed by atoms with Gasteiger partial charge in [-0.3, -0.25) is 4.79 Å². The number of unbranched alkanes of at least 4 members (excludes halogenated alkanes) is 14. The molecule has 1 heterocycles. The molecule has 0 saturated carbocycles. The molecule has 0 aromatic heterocycles. The monoisotopic (exact) mass is 571 g/mol. The van der Waals surface area contributed by atoms with Crippen LogP contribution >= 0.6 is 11.8 Å². The Labute approximate surface area is 243 Å². The highest BCUT2D eigenvalue weighted by Crippen LogP contribution is 2.22. The molecule has 0 spiro atoms. The van der Waals surface area contributed by atoms with Gasteiger partial charge >= 0.3 is 0 Å². The number of hydrogen-bond acceptors (Lipinski definition) is 5. The Balaban J connectivity index is 2.03. The van der Waals surface area contributed by atoms with Gasteiger partial charge in [-0.25, -0.2) is 0 Å². The highest BCUT2D eigenvalue weighted by molar-refractivity contribution is 8.13. The number of carbonyl (C=O) groups is 1. The van der Waals surface area contributed by atoms with Crippen molar-refractivity contribution in [3.05, 3.63) is 0 Å². The molecule has 0 radical (unpaired) electrons. The van der Waals surface area contributed by atoms with E-state index >= 15 is 0 Å². The van der Waals surface area contributed by atoms with Crippen molar-refractivity contribution in [1.29, 1.82) is 0 Å². The van der Waals surface area contributed by atoms with Crippen LogP contribution in [-0.2, 0) is 14.3 Å². The topological polar surface area (TPSA) is 38.8 Å². The van der Waals surface area contributed by atoms with Crippen LogP contribution in [0.3, 0.4) is 0 Å². The maximum absolute atomic E-state index is 12.3. The van der Waals surface area contributed by atoms with Crippen molar-refractivity contribution in [2.45, 2.75) is 167 Å². The Morgan fingerprint density at radius 3 is 2.08 bits per heavy atom. The third-order valence-corrected chi connectivity index (χ3v) is 12.8. The Hall–Kier alpha value is 0.117. The van der Waals surface area contributed by atoms with Crippen LogP contribution in [0.5, 0.6) is 0 Å².